The van der Waals surface area contributed by atoms with E-state index in [0.717, 1.165) is 67.8 Å². The van der Waals surface area contributed by atoms with Gasteiger partial charge in [-0.1, -0.05) is 6.07 Å². The third kappa shape index (κ3) is 6.66. The van der Waals surface area contributed by atoms with Crippen LogP contribution in [0.5, 0.6) is 17.2 Å². The molecule has 10 heteroatoms. The Morgan fingerprint density at radius 1 is 0.951 bits per heavy atom. The first-order valence-electron chi connectivity index (χ1n) is 14.0. The number of nitrogens with zero attached hydrogens (tertiary/aromatic N) is 4. The van der Waals surface area contributed by atoms with Gasteiger partial charge in [-0.3, -0.25) is 9.59 Å². The zero-order valence-electron chi connectivity index (χ0n) is 23.9. The van der Waals surface area contributed by atoms with Crippen LogP contribution in [0.2, 0.25) is 0 Å². The Morgan fingerprint density at radius 3 is 2.41 bits per heavy atom. The molecule has 1 fully saturated rings. The van der Waals surface area contributed by atoms with Gasteiger partial charge in [0.1, 0.15) is 28.8 Å². The zero-order valence-corrected chi connectivity index (χ0v) is 23.9. The normalized spacial score (nSPS) is 15.6. The Labute approximate surface area is 240 Å². The van der Waals surface area contributed by atoms with Gasteiger partial charge in [0.2, 0.25) is 0 Å². The van der Waals surface area contributed by atoms with Crippen molar-refractivity contribution in [1.82, 2.24) is 19.6 Å². The Morgan fingerprint density at radius 2 is 1.68 bits per heavy atom. The minimum absolute atomic E-state index is 0.0402. The van der Waals surface area contributed by atoms with Gasteiger partial charge in [-0.25, -0.2) is 0 Å². The quantitative estimate of drug-likeness (QED) is 0.382. The molecule has 1 aromatic heterocycles. The molecule has 0 unspecified atom stereocenters. The number of amides is 2. The van der Waals surface area contributed by atoms with Crippen LogP contribution in [0.4, 0.5) is 0 Å². The molecular weight excluding hydrogens is 524 g/mol. The summed E-state index contributed by atoms with van der Waals surface area (Å²) in [7, 11) is 3.73. The Balaban J connectivity index is 1.20. The van der Waals surface area contributed by atoms with Crippen LogP contribution >= 0.6 is 0 Å². The summed E-state index contributed by atoms with van der Waals surface area (Å²) < 4.78 is 11.6. The van der Waals surface area contributed by atoms with Gasteiger partial charge in [0.15, 0.2) is 0 Å². The number of carbonyl (C=O) groups excluding carboxylic acids is 2. The molecule has 0 atom stereocenters. The molecule has 0 bridgehead atoms. The van der Waals surface area contributed by atoms with Crippen molar-refractivity contribution in [3.05, 3.63) is 76.2 Å². The number of phenolic OH excluding ortho intramolecular Hbond substituents is 2. The fourth-order valence-electron chi connectivity index (χ4n) is 5.33. The molecule has 2 N–H and O–H groups in total. The van der Waals surface area contributed by atoms with Crippen molar-refractivity contribution >= 4 is 11.8 Å². The highest BCUT2D eigenvalue weighted by Crippen LogP contribution is 2.33. The van der Waals surface area contributed by atoms with Crippen LogP contribution in [0.25, 0.3) is 0 Å². The fourth-order valence-corrected chi connectivity index (χ4v) is 5.33. The second-order valence-corrected chi connectivity index (χ2v) is 11.0. The van der Waals surface area contributed by atoms with Crippen LogP contribution in [0.3, 0.4) is 0 Å². The summed E-state index contributed by atoms with van der Waals surface area (Å²) in [5, 5.41) is 20.9. The molecule has 218 valence electrons. The minimum Gasteiger partial charge on any atom is -0.507 e. The van der Waals surface area contributed by atoms with E-state index in [4.69, 9.17) is 9.15 Å². The number of likely N-dealkylation sites (N-methyl/N-ethyl adjacent to an activating group) is 1. The summed E-state index contributed by atoms with van der Waals surface area (Å²) >= 11 is 0. The summed E-state index contributed by atoms with van der Waals surface area (Å²) in [4.78, 5) is 34.4. The number of aromatic hydroxyl groups is 2. The van der Waals surface area contributed by atoms with Crippen molar-refractivity contribution in [3.63, 3.8) is 0 Å². The number of carbonyl (C=O) groups is 2. The van der Waals surface area contributed by atoms with Crippen LogP contribution in [-0.4, -0.2) is 95.1 Å². The first kappa shape index (κ1) is 28.5. The predicted molar refractivity (Wildman–Crippen MR) is 153 cm³/mol. The summed E-state index contributed by atoms with van der Waals surface area (Å²) in [5.74, 6) is 0.399. The average Bonchev–Trinajstić information content (AvgIpc) is 3.56. The lowest BCUT2D eigenvalue weighted by atomic mass is 10.1. The molecular formula is C31H38N4O6. The number of hydrogen-bond donors (Lipinski definition) is 2. The van der Waals surface area contributed by atoms with Gasteiger partial charge in [-0.05, 0) is 61.9 Å². The predicted octanol–water partition coefficient (Wildman–Crippen LogP) is 3.44. The molecule has 3 heterocycles. The van der Waals surface area contributed by atoms with Crippen molar-refractivity contribution in [2.45, 2.75) is 33.0 Å². The largest absolute Gasteiger partial charge is 0.507 e. The number of hydrogen-bond acceptors (Lipinski definition) is 8. The van der Waals surface area contributed by atoms with E-state index in [1.54, 1.807) is 24.1 Å². The Kier molecular flexibility index (Phi) is 8.51. The van der Waals surface area contributed by atoms with Gasteiger partial charge in [-0.2, -0.15) is 0 Å². The number of piperazine rings is 1. The van der Waals surface area contributed by atoms with Crippen LogP contribution in [0.15, 0.2) is 46.9 Å². The van der Waals surface area contributed by atoms with E-state index in [0.29, 0.717) is 25.5 Å². The summed E-state index contributed by atoms with van der Waals surface area (Å²) in [6, 6.07) is 11.8. The Hall–Kier alpha value is -4.02. The van der Waals surface area contributed by atoms with Crippen LogP contribution in [0.1, 0.15) is 49.8 Å². The molecule has 0 spiro atoms. The first-order chi connectivity index (χ1) is 19.7. The molecule has 0 saturated carbocycles. The molecule has 2 aliphatic heterocycles. The second kappa shape index (κ2) is 12.2. The summed E-state index contributed by atoms with van der Waals surface area (Å²) in [5.41, 5.74) is 1.88. The zero-order chi connectivity index (χ0) is 29.1. The maximum atomic E-state index is 13.5. The van der Waals surface area contributed by atoms with E-state index in [-0.39, 0.29) is 23.4 Å². The topological polar surface area (TPSA) is 110 Å². The van der Waals surface area contributed by atoms with E-state index in [9.17, 15) is 19.8 Å². The molecule has 2 aliphatic rings. The number of phenols is 2. The SMILES string of the molecule is Cc1ccc(CN(C)C(=O)c2cc(C(=O)N3Cc4ccc(OCCCN5CCN(C)CC5)cc4C3)c(O)cc2O)o1. The highest BCUT2D eigenvalue weighted by atomic mass is 16.5. The molecule has 0 aliphatic carbocycles. The molecule has 41 heavy (non-hydrogen) atoms. The van der Waals surface area contributed by atoms with Crippen molar-refractivity contribution in [1.29, 1.82) is 0 Å². The fraction of sp³-hybridized carbons (Fsp3) is 0.419. The number of ether oxygens (including phenoxy) is 1. The van der Waals surface area contributed by atoms with Crippen molar-refractivity contribution in [2.75, 3.05) is 53.4 Å². The molecule has 2 aromatic carbocycles. The van der Waals surface area contributed by atoms with Crippen LogP contribution in [0, 0.1) is 6.92 Å². The van der Waals surface area contributed by atoms with Gasteiger partial charge in [0, 0.05) is 58.9 Å². The van der Waals surface area contributed by atoms with Gasteiger partial charge in [-0.15, -0.1) is 0 Å². The average molecular weight is 563 g/mol. The third-order valence-corrected chi connectivity index (χ3v) is 7.78. The van der Waals surface area contributed by atoms with Crippen LogP contribution < -0.4 is 4.74 Å². The van der Waals surface area contributed by atoms with E-state index in [2.05, 4.69) is 16.8 Å². The van der Waals surface area contributed by atoms with E-state index >= 15 is 0 Å². The standard InChI is InChI=1S/C31H38N4O6/c1-21-5-7-25(41-21)20-33(3)30(38)26-16-27(29(37)17-28(26)36)31(39)35-18-22-6-8-24(15-23(22)19-35)40-14-4-9-34-12-10-32(2)11-13-34/h5-8,15-17,36-37H,4,9-14,18-20H2,1-3H3. The summed E-state index contributed by atoms with van der Waals surface area (Å²) in [6.07, 6.45) is 0.947. The van der Waals surface area contributed by atoms with E-state index < -0.39 is 17.6 Å². The van der Waals surface area contributed by atoms with Crippen molar-refractivity contribution in [3.8, 4) is 17.2 Å². The molecule has 2 amide bonds. The van der Waals surface area contributed by atoms with E-state index in [1.165, 1.54) is 11.0 Å². The van der Waals surface area contributed by atoms with Gasteiger partial charge < -0.3 is 39.0 Å². The minimum atomic E-state index is -0.496. The number of aryl methyl sites for hydroxylation is 1. The lowest BCUT2D eigenvalue weighted by Gasteiger charge is -2.32. The number of fused-ring (bicyclic) bond motifs is 1. The number of benzene rings is 2. The Bertz CT molecular complexity index is 1410. The monoisotopic (exact) mass is 562 g/mol. The highest BCUT2D eigenvalue weighted by molar-refractivity contribution is 6.03. The first-order valence-corrected chi connectivity index (χ1v) is 14.0. The molecule has 10 nitrogen and oxygen atoms in total. The van der Waals surface area contributed by atoms with Gasteiger partial charge in [0.05, 0.1) is 24.3 Å². The number of furan rings is 1. The van der Waals surface area contributed by atoms with Crippen molar-refractivity contribution < 1.29 is 29.0 Å². The van der Waals surface area contributed by atoms with Crippen LogP contribution in [-0.2, 0) is 19.6 Å². The maximum absolute atomic E-state index is 13.5. The maximum Gasteiger partial charge on any atom is 0.258 e. The lowest BCUT2D eigenvalue weighted by molar-refractivity contribution is 0.0748. The van der Waals surface area contributed by atoms with Crippen molar-refractivity contribution in [2.24, 2.45) is 0 Å². The summed E-state index contributed by atoms with van der Waals surface area (Å²) in [6.45, 7) is 8.76. The second-order valence-electron chi connectivity index (χ2n) is 11.0. The molecule has 3 aromatic rings. The number of rotatable bonds is 9. The smallest absolute Gasteiger partial charge is 0.258 e. The highest BCUT2D eigenvalue weighted by Gasteiger charge is 2.29. The van der Waals surface area contributed by atoms with Gasteiger partial charge >= 0.3 is 0 Å². The lowest BCUT2D eigenvalue weighted by Crippen LogP contribution is -2.44. The third-order valence-electron chi connectivity index (χ3n) is 7.78. The van der Waals surface area contributed by atoms with E-state index in [1.807, 2.05) is 25.1 Å². The van der Waals surface area contributed by atoms with Gasteiger partial charge in [0.25, 0.3) is 11.8 Å². The molecule has 5 rings (SSSR count). The molecule has 1 saturated heterocycles. The molecule has 0 radical (unpaired) electrons.